The minimum Gasteiger partial charge on any atom is -0.481 e. The van der Waals surface area contributed by atoms with Crippen molar-refractivity contribution >= 4 is 28.6 Å². The molecule has 0 amide bonds. The standard InChI is InChI=1S/C12H15IO2/c1-4-12(3,11(14)15)9-5-6-10(13)8(2)7-9/h5-7H,4H2,1-3H3,(H,14,15). The monoisotopic (exact) mass is 318 g/mol. The second-order valence-electron chi connectivity index (χ2n) is 3.95. The minimum absolute atomic E-state index is 0.600. The Bertz CT molecular complexity index is 387. The molecule has 1 aromatic carbocycles. The molecule has 0 bridgehead atoms. The van der Waals surface area contributed by atoms with Crippen LogP contribution in [0.25, 0.3) is 0 Å². The van der Waals surface area contributed by atoms with E-state index in [1.165, 1.54) is 3.57 Å². The first-order valence-electron chi connectivity index (χ1n) is 4.92. The smallest absolute Gasteiger partial charge is 0.313 e. The van der Waals surface area contributed by atoms with Gasteiger partial charge in [-0.1, -0.05) is 19.1 Å². The highest BCUT2D eigenvalue weighted by molar-refractivity contribution is 14.1. The van der Waals surface area contributed by atoms with Gasteiger partial charge in [0.1, 0.15) is 0 Å². The molecular weight excluding hydrogens is 303 g/mol. The fraction of sp³-hybridized carbons (Fsp3) is 0.417. The van der Waals surface area contributed by atoms with Crippen LogP contribution in [0, 0.1) is 10.5 Å². The lowest BCUT2D eigenvalue weighted by atomic mass is 9.80. The number of aryl methyl sites for hydroxylation is 1. The van der Waals surface area contributed by atoms with Gasteiger partial charge in [0.25, 0.3) is 0 Å². The number of rotatable bonds is 3. The summed E-state index contributed by atoms with van der Waals surface area (Å²) in [5.41, 5.74) is 1.25. The molecule has 1 atom stereocenters. The Labute approximate surface area is 104 Å². The minimum atomic E-state index is -0.769. The van der Waals surface area contributed by atoms with Crippen LogP contribution in [0.2, 0.25) is 0 Å². The van der Waals surface area contributed by atoms with Crippen LogP contribution in [-0.2, 0) is 10.2 Å². The van der Waals surface area contributed by atoms with Crippen LogP contribution in [0.5, 0.6) is 0 Å². The first-order valence-corrected chi connectivity index (χ1v) is 5.99. The number of carbonyl (C=O) groups is 1. The Balaban J connectivity index is 3.25. The van der Waals surface area contributed by atoms with Crippen molar-refractivity contribution in [2.24, 2.45) is 0 Å². The van der Waals surface area contributed by atoms with Crippen molar-refractivity contribution in [3.05, 3.63) is 32.9 Å². The molecule has 0 radical (unpaired) electrons. The van der Waals surface area contributed by atoms with Gasteiger partial charge in [-0.2, -0.15) is 0 Å². The van der Waals surface area contributed by atoms with E-state index in [0.29, 0.717) is 6.42 Å². The summed E-state index contributed by atoms with van der Waals surface area (Å²) in [5.74, 6) is -0.759. The van der Waals surface area contributed by atoms with Crippen molar-refractivity contribution in [1.29, 1.82) is 0 Å². The van der Waals surface area contributed by atoms with E-state index in [0.717, 1.165) is 11.1 Å². The van der Waals surface area contributed by atoms with Crippen molar-refractivity contribution < 1.29 is 9.90 Å². The van der Waals surface area contributed by atoms with Crippen LogP contribution in [0.15, 0.2) is 18.2 Å². The number of benzene rings is 1. The van der Waals surface area contributed by atoms with Gasteiger partial charge < -0.3 is 5.11 Å². The van der Waals surface area contributed by atoms with Crippen molar-refractivity contribution in [3.8, 4) is 0 Å². The Morgan fingerprint density at radius 1 is 1.53 bits per heavy atom. The molecular formula is C12H15IO2. The van der Waals surface area contributed by atoms with E-state index in [4.69, 9.17) is 0 Å². The average Bonchev–Trinajstić information content (AvgIpc) is 2.20. The second kappa shape index (κ2) is 4.51. The normalized spacial score (nSPS) is 14.7. The lowest BCUT2D eigenvalue weighted by Gasteiger charge is -2.24. The molecule has 0 aromatic heterocycles. The van der Waals surface area contributed by atoms with Crippen molar-refractivity contribution in [2.45, 2.75) is 32.6 Å². The average molecular weight is 318 g/mol. The summed E-state index contributed by atoms with van der Waals surface area (Å²) in [4.78, 5) is 11.2. The maximum absolute atomic E-state index is 11.2. The first-order chi connectivity index (χ1) is 6.91. The fourth-order valence-electron chi connectivity index (χ4n) is 1.47. The number of hydrogen-bond donors (Lipinski definition) is 1. The summed E-state index contributed by atoms with van der Waals surface area (Å²) < 4.78 is 1.17. The summed E-state index contributed by atoms with van der Waals surface area (Å²) in [7, 11) is 0. The molecule has 1 unspecified atom stereocenters. The van der Waals surface area contributed by atoms with Crippen LogP contribution in [0.1, 0.15) is 31.4 Å². The SMILES string of the molecule is CCC(C)(C(=O)O)c1ccc(I)c(C)c1. The molecule has 0 aliphatic carbocycles. The van der Waals surface area contributed by atoms with Gasteiger partial charge in [-0.15, -0.1) is 0 Å². The fourth-order valence-corrected chi connectivity index (χ4v) is 1.80. The molecule has 1 aromatic rings. The second-order valence-corrected chi connectivity index (χ2v) is 5.12. The third kappa shape index (κ3) is 2.33. The third-order valence-corrected chi connectivity index (χ3v) is 4.18. The number of carboxylic acids is 1. The van der Waals surface area contributed by atoms with Gasteiger partial charge in [0.15, 0.2) is 0 Å². The van der Waals surface area contributed by atoms with E-state index in [1.807, 2.05) is 32.0 Å². The lowest BCUT2D eigenvalue weighted by molar-refractivity contribution is -0.143. The molecule has 0 heterocycles. The molecule has 0 fully saturated rings. The molecule has 1 N–H and O–H groups in total. The molecule has 0 spiro atoms. The molecule has 0 saturated heterocycles. The number of halogens is 1. The van der Waals surface area contributed by atoms with E-state index >= 15 is 0 Å². The Morgan fingerprint density at radius 2 is 2.13 bits per heavy atom. The number of hydrogen-bond acceptors (Lipinski definition) is 1. The summed E-state index contributed by atoms with van der Waals surface area (Å²) in [6, 6.07) is 5.86. The van der Waals surface area contributed by atoms with Crippen molar-refractivity contribution in [1.82, 2.24) is 0 Å². The quantitative estimate of drug-likeness (QED) is 0.868. The highest BCUT2D eigenvalue weighted by Gasteiger charge is 2.33. The first kappa shape index (κ1) is 12.5. The molecule has 1 rings (SSSR count). The van der Waals surface area contributed by atoms with Gasteiger partial charge in [-0.05, 0) is 60.1 Å². The maximum Gasteiger partial charge on any atom is 0.313 e. The van der Waals surface area contributed by atoms with Crippen LogP contribution in [-0.4, -0.2) is 11.1 Å². The van der Waals surface area contributed by atoms with E-state index in [-0.39, 0.29) is 0 Å². The predicted octanol–water partition coefficient (Wildman–Crippen LogP) is 3.35. The maximum atomic E-state index is 11.2. The van der Waals surface area contributed by atoms with Gasteiger partial charge in [0.2, 0.25) is 0 Å². The lowest BCUT2D eigenvalue weighted by Crippen LogP contribution is -2.31. The summed E-state index contributed by atoms with van der Waals surface area (Å²) >= 11 is 2.25. The van der Waals surface area contributed by atoms with E-state index in [1.54, 1.807) is 6.92 Å². The Kier molecular flexibility index (Phi) is 3.76. The Hall–Kier alpha value is -0.580. The van der Waals surface area contributed by atoms with Crippen LogP contribution in [0.4, 0.5) is 0 Å². The van der Waals surface area contributed by atoms with E-state index < -0.39 is 11.4 Å². The van der Waals surface area contributed by atoms with Crippen LogP contribution in [0.3, 0.4) is 0 Å². The van der Waals surface area contributed by atoms with Crippen molar-refractivity contribution in [2.75, 3.05) is 0 Å². The van der Waals surface area contributed by atoms with Crippen LogP contribution < -0.4 is 0 Å². The molecule has 82 valence electrons. The topological polar surface area (TPSA) is 37.3 Å². The zero-order chi connectivity index (χ0) is 11.6. The van der Waals surface area contributed by atoms with Gasteiger partial charge in [0, 0.05) is 3.57 Å². The van der Waals surface area contributed by atoms with Gasteiger partial charge in [0.05, 0.1) is 5.41 Å². The molecule has 2 nitrogen and oxygen atoms in total. The third-order valence-electron chi connectivity index (χ3n) is 2.97. The molecule has 3 heteroatoms. The largest absolute Gasteiger partial charge is 0.481 e. The zero-order valence-electron chi connectivity index (χ0n) is 9.17. The highest BCUT2D eigenvalue weighted by atomic mass is 127. The molecule has 0 aliphatic heterocycles. The van der Waals surface area contributed by atoms with E-state index in [9.17, 15) is 9.90 Å². The van der Waals surface area contributed by atoms with Gasteiger partial charge in [-0.3, -0.25) is 4.79 Å². The highest BCUT2D eigenvalue weighted by Crippen LogP contribution is 2.29. The number of carboxylic acid groups (broad SMARTS) is 1. The van der Waals surface area contributed by atoms with E-state index in [2.05, 4.69) is 22.6 Å². The predicted molar refractivity (Wildman–Crippen MR) is 69.2 cm³/mol. The molecule has 15 heavy (non-hydrogen) atoms. The van der Waals surface area contributed by atoms with Crippen LogP contribution >= 0.6 is 22.6 Å². The zero-order valence-corrected chi connectivity index (χ0v) is 11.3. The number of aliphatic carboxylic acids is 1. The molecule has 0 saturated carbocycles. The Morgan fingerprint density at radius 3 is 2.53 bits per heavy atom. The summed E-state index contributed by atoms with van der Waals surface area (Å²) in [5, 5.41) is 9.24. The van der Waals surface area contributed by atoms with Gasteiger partial charge >= 0.3 is 5.97 Å². The summed E-state index contributed by atoms with van der Waals surface area (Å²) in [6.07, 6.45) is 0.600. The van der Waals surface area contributed by atoms with Gasteiger partial charge in [-0.25, -0.2) is 0 Å². The molecule has 0 aliphatic rings. The summed E-state index contributed by atoms with van der Waals surface area (Å²) in [6.45, 7) is 5.68. The van der Waals surface area contributed by atoms with Crippen molar-refractivity contribution in [3.63, 3.8) is 0 Å².